The van der Waals surface area contributed by atoms with Crippen molar-refractivity contribution in [3.05, 3.63) is 78.4 Å². The molecule has 0 spiro atoms. The highest BCUT2D eigenvalue weighted by Crippen LogP contribution is 2.29. The molecule has 0 aliphatic heterocycles. The minimum Gasteiger partial charge on any atom is -0.497 e. The maximum Gasteiger partial charge on any atom is 0.277 e. The van der Waals surface area contributed by atoms with Gasteiger partial charge in [-0.1, -0.05) is 48.5 Å². The van der Waals surface area contributed by atoms with Crippen LogP contribution in [0.5, 0.6) is 17.2 Å². The fourth-order valence-electron chi connectivity index (χ4n) is 2.72. The largest absolute Gasteiger partial charge is 0.497 e. The van der Waals surface area contributed by atoms with Crippen LogP contribution < -0.4 is 19.6 Å². The van der Waals surface area contributed by atoms with Crippen LogP contribution in [0.25, 0.3) is 11.1 Å². The lowest BCUT2D eigenvalue weighted by molar-refractivity contribution is -0.123. The molecule has 1 N–H and O–H groups in total. The number of hydrazone groups is 1. The highest BCUT2D eigenvalue weighted by atomic mass is 16.5. The molecule has 0 aliphatic carbocycles. The van der Waals surface area contributed by atoms with Crippen molar-refractivity contribution in [3.63, 3.8) is 0 Å². The number of carbonyl (C=O) groups excluding carboxylic acids is 1. The number of benzene rings is 3. The van der Waals surface area contributed by atoms with Gasteiger partial charge in [-0.25, -0.2) is 5.43 Å². The van der Waals surface area contributed by atoms with Crippen LogP contribution in [0.1, 0.15) is 5.56 Å². The zero-order valence-electron chi connectivity index (χ0n) is 16.3. The number of nitrogens with one attached hydrogen (secondary N) is 1. The third kappa shape index (κ3) is 5.35. The normalized spacial score (nSPS) is 10.6. The molecule has 0 fully saturated rings. The summed E-state index contributed by atoms with van der Waals surface area (Å²) < 4.78 is 16.2. The van der Waals surface area contributed by atoms with Crippen LogP contribution in [-0.2, 0) is 4.79 Å². The topological polar surface area (TPSA) is 69.2 Å². The van der Waals surface area contributed by atoms with Crippen LogP contribution in [0, 0.1) is 0 Å². The molecule has 0 unspecified atom stereocenters. The summed E-state index contributed by atoms with van der Waals surface area (Å²) in [6.45, 7) is -0.152. The first kappa shape index (κ1) is 19.9. The summed E-state index contributed by atoms with van der Waals surface area (Å²) in [5, 5.41) is 3.97. The van der Waals surface area contributed by atoms with E-state index in [0.29, 0.717) is 22.8 Å². The van der Waals surface area contributed by atoms with Crippen molar-refractivity contribution in [2.45, 2.75) is 0 Å². The summed E-state index contributed by atoms with van der Waals surface area (Å²) in [4.78, 5) is 12.1. The minimum atomic E-state index is -0.364. The van der Waals surface area contributed by atoms with Gasteiger partial charge in [-0.3, -0.25) is 4.79 Å². The highest BCUT2D eigenvalue weighted by molar-refractivity contribution is 5.86. The molecule has 3 aromatic carbocycles. The molecule has 0 bridgehead atoms. The molecule has 6 nitrogen and oxygen atoms in total. The zero-order chi connectivity index (χ0) is 20.5. The SMILES string of the molecule is COc1ccc(/C=N\NC(=O)COc2ccccc2-c2ccccc2)c(OC)c1. The molecule has 148 valence electrons. The number of rotatable bonds is 8. The average Bonchev–Trinajstić information content (AvgIpc) is 2.78. The first-order valence-corrected chi connectivity index (χ1v) is 9.02. The van der Waals surface area contributed by atoms with E-state index in [-0.39, 0.29) is 12.5 Å². The van der Waals surface area contributed by atoms with Crippen LogP contribution in [0.3, 0.4) is 0 Å². The molecule has 0 radical (unpaired) electrons. The highest BCUT2D eigenvalue weighted by Gasteiger charge is 2.08. The summed E-state index contributed by atoms with van der Waals surface area (Å²) in [6, 6.07) is 22.8. The Morgan fingerprint density at radius 2 is 1.69 bits per heavy atom. The summed E-state index contributed by atoms with van der Waals surface area (Å²) in [7, 11) is 3.14. The fraction of sp³-hybridized carbons (Fsp3) is 0.130. The Bertz CT molecular complexity index is 987. The van der Waals surface area contributed by atoms with E-state index in [9.17, 15) is 4.79 Å². The second-order valence-corrected chi connectivity index (χ2v) is 6.05. The zero-order valence-corrected chi connectivity index (χ0v) is 16.3. The Kier molecular flexibility index (Phi) is 6.84. The van der Waals surface area contributed by atoms with E-state index in [1.807, 2.05) is 54.6 Å². The number of carbonyl (C=O) groups is 1. The van der Waals surface area contributed by atoms with Gasteiger partial charge in [0.2, 0.25) is 0 Å². The van der Waals surface area contributed by atoms with Gasteiger partial charge in [0.05, 0.1) is 20.4 Å². The van der Waals surface area contributed by atoms with Crippen molar-refractivity contribution >= 4 is 12.1 Å². The van der Waals surface area contributed by atoms with Crippen LogP contribution in [0.2, 0.25) is 0 Å². The van der Waals surface area contributed by atoms with Gasteiger partial charge in [0, 0.05) is 17.2 Å². The molecule has 0 heterocycles. The molecule has 3 rings (SSSR count). The standard InChI is InChI=1S/C23H22N2O4/c1-27-19-13-12-18(22(14-19)28-2)15-24-25-23(26)16-29-21-11-7-6-10-20(21)17-8-4-3-5-9-17/h3-15H,16H2,1-2H3,(H,25,26)/b24-15-. The number of hydrogen-bond acceptors (Lipinski definition) is 5. The lowest BCUT2D eigenvalue weighted by Gasteiger charge is -2.11. The summed E-state index contributed by atoms with van der Waals surface area (Å²) in [6.07, 6.45) is 1.51. The molecular formula is C23H22N2O4. The van der Waals surface area contributed by atoms with Crippen LogP contribution in [0.15, 0.2) is 77.9 Å². The molecule has 1 amide bonds. The van der Waals surface area contributed by atoms with Gasteiger partial charge in [-0.05, 0) is 23.8 Å². The number of amides is 1. The van der Waals surface area contributed by atoms with E-state index in [4.69, 9.17) is 14.2 Å². The van der Waals surface area contributed by atoms with Crippen molar-refractivity contribution in [1.29, 1.82) is 0 Å². The molecule has 29 heavy (non-hydrogen) atoms. The van der Waals surface area contributed by atoms with Crippen molar-refractivity contribution in [3.8, 4) is 28.4 Å². The Hall–Kier alpha value is -3.80. The number of para-hydroxylation sites is 1. The molecule has 0 aliphatic rings. The molecule has 6 heteroatoms. The third-order valence-electron chi connectivity index (χ3n) is 4.16. The molecule has 0 atom stereocenters. The van der Waals surface area contributed by atoms with Crippen molar-refractivity contribution in [2.24, 2.45) is 5.10 Å². The van der Waals surface area contributed by atoms with Crippen LogP contribution >= 0.6 is 0 Å². The second-order valence-electron chi connectivity index (χ2n) is 6.05. The average molecular weight is 390 g/mol. The van der Waals surface area contributed by atoms with Gasteiger partial charge in [-0.15, -0.1) is 0 Å². The molecule has 0 aromatic heterocycles. The van der Waals surface area contributed by atoms with Crippen molar-refractivity contribution < 1.29 is 19.0 Å². The van der Waals surface area contributed by atoms with Gasteiger partial charge in [0.1, 0.15) is 17.2 Å². The molecular weight excluding hydrogens is 368 g/mol. The van der Waals surface area contributed by atoms with Gasteiger partial charge in [-0.2, -0.15) is 5.10 Å². The Morgan fingerprint density at radius 1 is 0.931 bits per heavy atom. The number of ether oxygens (including phenoxy) is 3. The first-order valence-electron chi connectivity index (χ1n) is 9.02. The molecule has 3 aromatic rings. The Labute approximate surface area is 169 Å². The first-order chi connectivity index (χ1) is 14.2. The predicted octanol–water partition coefficient (Wildman–Crippen LogP) is 3.90. The predicted molar refractivity (Wildman–Crippen MR) is 113 cm³/mol. The number of methoxy groups -OCH3 is 2. The maximum absolute atomic E-state index is 12.1. The number of nitrogens with zero attached hydrogens (tertiary/aromatic N) is 1. The fourth-order valence-corrected chi connectivity index (χ4v) is 2.72. The van der Waals surface area contributed by atoms with E-state index >= 15 is 0 Å². The van der Waals surface area contributed by atoms with Crippen molar-refractivity contribution in [2.75, 3.05) is 20.8 Å². The smallest absolute Gasteiger partial charge is 0.277 e. The maximum atomic E-state index is 12.1. The summed E-state index contributed by atoms with van der Waals surface area (Å²) >= 11 is 0. The third-order valence-corrected chi connectivity index (χ3v) is 4.16. The summed E-state index contributed by atoms with van der Waals surface area (Å²) in [5.41, 5.74) is 5.12. The van der Waals surface area contributed by atoms with Crippen LogP contribution in [-0.4, -0.2) is 32.9 Å². The Morgan fingerprint density at radius 3 is 2.45 bits per heavy atom. The van der Waals surface area contributed by atoms with Gasteiger partial charge >= 0.3 is 0 Å². The molecule has 0 saturated carbocycles. The lowest BCUT2D eigenvalue weighted by atomic mass is 10.1. The second kappa shape index (κ2) is 9.94. The minimum absolute atomic E-state index is 0.152. The van der Waals surface area contributed by atoms with Gasteiger partial charge in [0.25, 0.3) is 5.91 Å². The quantitative estimate of drug-likeness (QED) is 0.468. The van der Waals surface area contributed by atoms with E-state index < -0.39 is 0 Å². The lowest BCUT2D eigenvalue weighted by Crippen LogP contribution is -2.24. The Balaban J connectivity index is 1.60. The van der Waals surface area contributed by atoms with E-state index in [2.05, 4.69) is 10.5 Å². The van der Waals surface area contributed by atoms with Crippen molar-refractivity contribution in [1.82, 2.24) is 5.43 Å². The number of hydrogen-bond donors (Lipinski definition) is 1. The van der Waals surface area contributed by atoms with E-state index in [1.54, 1.807) is 32.4 Å². The van der Waals surface area contributed by atoms with E-state index in [0.717, 1.165) is 11.1 Å². The van der Waals surface area contributed by atoms with Gasteiger partial charge < -0.3 is 14.2 Å². The molecule has 0 saturated heterocycles. The van der Waals surface area contributed by atoms with Crippen LogP contribution in [0.4, 0.5) is 0 Å². The van der Waals surface area contributed by atoms with E-state index in [1.165, 1.54) is 6.21 Å². The van der Waals surface area contributed by atoms with Gasteiger partial charge in [0.15, 0.2) is 6.61 Å². The monoisotopic (exact) mass is 390 g/mol. The summed E-state index contributed by atoms with van der Waals surface area (Å²) in [5.74, 6) is 1.54.